The van der Waals surface area contributed by atoms with Crippen LogP contribution in [0.1, 0.15) is 18.1 Å². The highest BCUT2D eigenvalue weighted by atomic mass is 32.2. The average Bonchev–Trinajstić information content (AvgIpc) is 2.77. The SMILES string of the molecule is COc1cc(CN(c2ccc(C)cc2)S(=O)(=O)c2ccc(NC(C)=O)cc2)cc(OC)c1. The number of nitrogens with one attached hydrogen (secondary N) is 1. The van der Waals surface area contributed by atoms with Crippen molar-refractivity contribution in [3.05, 3.63) is 77.9 Å². The van der Waals surface area contributed by atoms with Crippen LogP contribution < -0.4 is 19.1 Å². The third kappa shape index (κ3) is 5.39. The van der Waals surface area contributed by atoms with Gasteiger partial charge in [0.05, 0.1) is 31.3 Å². The Bertz CT molecular complexity index is 1170. The Labute approximate surface area is 188 Å². The minimum atomic E-state index is -3.91. The van der Waals surface area contributed by atoms with Gasteiger partial charge in [-0.1, -0.05) is 17.7 Å². The Morgan fingerprint density at radius 3 is 1.97 bits per heavy atom. The van der Waals surface area contributed by atoms with Crippen LogP contribution in [0.4, 0.5) is 11.4 Å². The Morgan fingerprint density at radius 1 is 0.906 bits per heavy atom. The molecule has 0 saturated carbocycles. The van der Waals surface area contributed by atoms with Gasteiger partial charge in [0, 0.05) is 18.7 Å². The summed E-state index contributed by atoms with van der Waals surface area (Å²) < 4.78 is 39.3. The highest BCUT2D eigenvalue weighted by Gasteiger charge is 2.26. The standard InChI is InChI=1S/C24H26N2O5S/c1-17-5-9-21(10-6-17)26(16-19-13-22(30-3)15-23(14-19)31-4)32(28,29)24-11-7-20(8-12-24)25-18(2)27/h5-15H,16H2,1-4H3,(H,25,27). The lowest BCUT2D eigenvalue weighted by atomic mass is 10.2. The summed E-state index contributed by atoms with van der Waals surface area (Å²) in [5, 5.41) is 2.64. The Balaban J connectivity index is 2.04. The van der Waals surface area contributed by atoms with Gasteiger partial charge in [-0.05, 0) is 61.0 Å². The molecule has 168 valence electrons. The molecule has 7 nitrogen and oxygen atoms in total. The first-order valence-electron chi connectivity index (χ1n) is 9.92. The molecule has 0 aromatic heterocycles. The average molecular weight is 455 g/mol. The van der Waals surface area contributed by atoms with Gasteiger partial charge < -0.3 is 14.8 Å². The molecule has 0 aliphatic carbocycles. The quantitative estimate of drug-likeness (QED) is 0.546. The van der Waals surface area contributed by atoms with E-state index >= 15 is 0 Å². The van der Waals surface area contributed by atoms with Crippen LogP contribution in [-0.4, -0.2) is 28.5 Å². The van der Waals surface area contributed by atoms with Gasteiger partial charge in [-0.3, -0.25) is 9.10 Å². The zero-order chi connectivity index (χ0) is 23.3. The fraction of sp³-hybridized carbons (Fsp3) is 0.208. The maximum Gasteiger partial charge on any atom is 0.264 e. The van der Waals surface area contributed by atoms with Crippen molar-refractivity contribution < 1.29 is 22.7 Å². The minimum absolute atomic E-state index is 0.0758. The molecule has 32 heavy (non-hydrogen) atoms. The van der Waals surface area contributed by atoms with Crippen LogP contribution in [0.3, 0.4) is 0 Å². The highest BCUT2D eigenvalue weighted by molar-refractivity contribution is 7.92. The van der Waals surface area contributed by atoms with E-state index < -0.39 is 10.0 Å². The lowest BCUT2D eigenvalue weighted by Gasteiger charge is -2.25. The number of anilines is 2. The molecule has 0 aliphatic heterocycles. The fourth-order valence-electron chi connectivity index (χ4n) is 3.19. The van der Waals surface area contributed by atoms with Gasteiger partial charge in [0.2, 0.25) is 5.91 Å². The first-order chi connectivity index (χ1) is 15.2. The number of hydrogen-bond acceptors (Lipinski definition) is 5. The van der Waals surface area contributed by atoms with Crippen molar-refractivity contribution >= 4 is 27.3 Å². The van der Waals surface area contributed by atoms with Gasteiger partial charge in [-0.2, -0.15) is 0 Å². The van der Waals surface area contributed by atoms with E-state index in [0.717, 1.165) is 5.56 Å². The van der Waals surface area contributed by atoms with Crippen LogP contribution in [-0.2, 0) is 21.4 Å². The molecular formula is C24H26N2O5S. The lowest BCUT2D eigenvalue weighted by Crippen LogP contribution is -2.30. The Kier molecular flexibility index (Phi) is 7.05. The van der Waals surface area contributed by atoms with Gasteiger partial charge in [-0.15, -0.1) is 0 Å². The van der Waals surface area contributed by atoms with Crippen LogP contribution >= 0.6 is 0 Å². The summed E-state index contributed by atoms with van der Waals surface area (Å²) in [5.41, 5.74) is 2.79. The number of nitrogens with zero attached hydrogens (tertiary/aromatic N) is 1. The number of aryl methyl sites for hydroxylation is 1. The van der Waals surface area contributed by atoms with Crippen molar-refractivity contribution in [1.82, 2.24) is 0 Å². The first-order valence-corrected chi connectivity index (χ1v) is 11.4. The van der Waals surface area contributed by atoms with Gasteiger partial charge in [0.15, 0.2) is 0 Å². The second-order valence-electron chi connectivity index (χ2n) is 7.27. The van der Waals surface area contributed by atoms with Gasteiger partial charge in [-0.25, -0.2) is 8.42 Å². The van der Waals surface area contributed by atoms with Crippen molar-refractivity contribution in [3.63, 3.8) is 0 Å². The summed E-state index contributed by atoms with van der Waals surface area (Å²) in [5.74, 6) is 0.911. The summed E-state index contributed by atoms with van der Waals surface area (Å²) in [7, 11) is -0.820. The van der Waals surface area contributed by atoms with Crippen LogP contribution in [0.25, 0.3) is 0 Å². The molecule has 3 aromatic rings. The largest absolute Gasteiger partial charge is 0.497 e. The molecule has 3 rings (SSSR count). The highest BCUT2D eigenvalue weighted by Crippen LogP contribution is 2.30. The zero-order valence-electron chi connectivity index (χ0n) is 18.5. The number of carbonyl (C=O) groups is 1. The molecular weight excluding hydrogens is 428 g/mol. The normalized spacial score (nSPS) is 11.0. The maximum absolute atomic E-state index is 13.6. The molecule has 0 aliphatic rings. The van der Waals surface area contributed by atoms with Crippen LogP contribution in [0.15, 0.2) is 71.6 Å². The van der Waals surface area contributed by atoms with Crippen molar-refractivity contribution in [3.8, 4) is 11.5 Å². The molecule has 3 aromatic carbocycles. The van der Waals surface area contributed by atoms with Crippen LogP contribution in [0, 0.1) is 6.92 Å². The zero-order valence-corrected chi connectivity index (χ0v) is 19.3. The number of amides is 1. The lowest BCUT2D eigenvalue weighted by molar-refractivity contribution is -0.114. The molecule has 0 bridgehead atoms. The summed E-state index contributed by atoms with van der Waals surface area (Å²) in [6.07, 6.45) is 0. The van der Waals surface area contributed by atoms with Crippen LogP contribution in [0.2, 0.25) is 0 Å². The molecule has 1 N–H and O–H groups in total. The van der Waals surface area contributed by atoms with Crippen molar-refractivity contribution in [2.45, 2.75) is 25.3 Å². The van der Waals surface area contributed by atoms with E-state index in [-0.39, 0.29) is 17.3 Å². The third-order valence-electron chi connectivity index (χ3n) is 4.82. The number of carbonyl (C=O) groups excluding carboxylic acids is 1. The van der Waals surface area contributed by atoms with Crippen molar-refractivity contribution in [1.29, 1.82) is 0 Å². The molecule has 0 radical (unpaired) electrons. The first kappa shape index (κ1) is 23.1. The number of methoxy groups -OCH3 is 2. The summed E-state index contributed by atoms with van der Waals surface area (Å²) in [6, 6.07) is 18.7. The van der Waals surface area contributed by atoms with E-state index in [0.29, 0.717) is 28.4 Å². The molecule has 0 atom stereocenters. The molecule has 0 saturated heterocycles. The van der Waals surface area contributed by atoms with E-state index in [1.807, 2.05) is 19.1 Å². The van der Waals surface area contributed by atoms with Gasteiger partial charge >= 0.3 is 0 Å². The van der Waals surface area contributed by atoms with Crippen molar-refractivity contribution in [2.24, 2.45) is 0 Å². The molecule has 0 unspecified atom stereocenters. The topological polar surface area (TPSA) is 84.9 Å². The maximum atomic E-state index is 13.6. The molecule has 0 heterocycles. The predicted molar refractivity (Wildman–Crippen MR) is 125 cm³/mol. The summed E-state index contributed by atoms with van der Waals surface area (Å²) in [4.78, 5) is 11.4. The third-order valence-corrected chi connectivity index (χ3v) is 6.61. The second-order valence-corrected chi connectivity index (χ2v) is 9.14. The summed E-state index contributed by atoms with van der Waals surface area (Å²) >= 11 is 0. The Morgan fingerprint density at radius 2 is 1.47 bits per heavy atom. The minimum Gasteiger partial charge on any atom is -0.497 e. The monoisotopic (exact) mass is 454 g/mol. The number of hydrogen-bond donors (Lipinski definition) is 1. The molecule has 8 heteroatoms. The van der Waals surface area contributed by atoms with Gasteiger partial charge in [0.1, 0.15) is 11.5 Å². The van der Waals surface area contributed by atoms with E-state index in [1.54, 1.807) is 56.7 Å². The molecule has 0 spiro atoms. The fourth-order valence-corrected chi connectivity index (χ4v) is 4.64. The smallest absolute Gasteiger partial charge is 0.264 e. The Hall–Kier alpha value is -3.52. The van der Waals surface area contributed by atoms with Crippen molar-refractivity contribution in [2.75, 3.05) is 23.8 Å². The number of benzene rings is 3. The second kappa shape index (κ2) is 9.74. The van der Waals surface area contributed by atoms with Gasteiger partial charge in [0.25, 0.3) is 10.0 Å². The number of rotatable bonds is 8. The number of ether oxygens (including phenoxy) is 2. The van der Waals surface area contributed by atoms with Crippen LogP contribution in [0.5, 0.6) is 11.5 Å². The number of sulfonamides is 1. The predicted octanol–water partition coefficient (Wildman–Crippen LogP) is 4.37. The van der Waals surface area contributed by atoms with E-state index in [4.69, 9.17) is 9.47 Å². The van der Waals surface area contributed by atoms with E-state index in [2.05, 4.69) is 5.32 Å². The van der Waals surface area contributed by atoms with E-state index in [1.165, 1.54) is 23.4 Å². The molecule has 0 fully saturated rings. The van der Waals surface area contributed by atoms with E-state index in [9.17, 15) is 13.2 Å². The molecule has 1 amide bonds. The summed E-state index contributed by atoms with van der Waals surface area (Å²) in [6.45, 7) is 3.41.